The molecule has 1 rings (SSSR count). The fourth-order valence-electron chi connectivity index (χ4n) is 0.496. The Morgan fingerprint density at radius 1 is 1.33 bits per heavy atom. The zero-order valence-electron chi connectivity index (χ0n) is 4.65. The Balaban J connectivity index is 2.85. The minimum absolute atomic E-state index is 0.622. The fourth-order valence-corrected chi connectivity index (χ4v) is 0.496. The molecule has 3 heteroatoms. The van der Waals surface area contributed by atoms with Crippen LogP contribution in [0.4, 0.5) is 5.69 Å². The van der Waals surface area contributed by atoms with Gasteiger partial charge in [0.1, 0.15) is 0 Å². The SMILES string of the molecule is ON=Nc1cc[c]cc1. The molecule has 0 aliphatic heterocycles. The monoisotopic (exact) mass is 121 g/mol. The van der Waals surface area contributed by atoms with Crippen molar-refractivity contribution < 1.29 is 5.21 Å². The van der Waals surface area contributed by atoms with Crippen molar-refractivity contribution in [2.75, 3.05) is 0 Å². The van der Waals surface area contributed by atoms with E-state index >= 15 is 0 Å². The average Bonchev–Trinajstić information content (AvgIpc) is 1.91. The molecule has 9 heavy (non-hydrogen) atoms. The molecule has 3 nitrogen and oxygen atoms in total. The van der Waals surface area contributed by atoms with Gasteiger partial charge in [-0.25, -0.2) is 0 Å². The molecule has 0 heterocycles. The van der Waals surface area contributed by atoms with E-state index in [0.717, 1.165) is 0 Å². The Bertz CT molecular complexity index is 195. The zero-order valence-corrected chi connectivity index (χ0v) is 4.65. The molecule has 1 N–H and O–H groups in total. The summed E-state index contributed by atoms with van der Waals surface area (Å²) in [4.78, 5) is 0. The van der Waals surface area contributed by atoms with Gasteiger partial charge >= 0.3 is 0 Å². The molecule has 0 aromatic heterocycles. The van der Waals surface area contributed by atoms with Gasteiger partial charge in [0.05, 0.1) is 5.69 Å². The third-order valence-corrected chi connectivity index (χ3v) is 0.861. The summed E-state index contributed by atoms with van der Waals surface area (Å²) in [5, 5.41) is 14.0. The van der Waals surface area contributed by atoms with Crippen LogP contribution in [0.15, 0.2) is 34.7 Å². The Morgan fingerprint density at radius 3 is 2.56 bits per heavy atom. The second kappa shape index (κ2) is 2.81. The summed E-state index contributed by atoms with van der Waals surface area (Å²) in [6.45, 7) is 0. The van der Waals surface area contributed by atoms with Crippen LogP contribution in [-0.2, 0) is 0 Å². The van der Waals surface area contributed by atoms with E-state index < -0.39 is 0 Å². The molecule has 0 unspecified atom stereocenters. The first kappa shape index (κ1) is 5.75. The zero-order chi connectivity index (χ0) is 6.53. The highest BCUT2D eigenvalue weighted by molar-refractivity contribution is 5.34. The molecule has 0 aliphatic rings. The lowest BCUT2D eigenvalue weighted by molar-refractivity contribution is 0.289. The molecule has 1 aromatic carbocycles. The van der Waals surface area contributed by atoms with Crippen LogP contribution in [0.25, 0.3) is 0 Å². The van der Waals surface area contributed by atoms with E-state index in [0.29, 0.717) is 5.69 Å². The van der Waals surface area contributed by atoms with Gasteiger partial charge in [-0.15, -0.1) is 5.11 Å². The van der Waals surface area contributed by atoms with Crippen molar-refractivity contribution in [1.29, 1.82) is 0 Å². The minimum Gasteiger partial charge on any atom is -0.394 e. The maximum Gasteiger partial charge on any atom is 0.0889 e. The first-order valence-electron chi connectivity index (χ1n) is 2.44. The predicted molar refractivity (Wildman–Crippen MR) is 31.6 cm³/mol. The Labute approximate surface area is 52.6 Å². The summed E-state index contributed by atoms with van der Waals surface area (Å²) in [6, 6.07) is 9.59. The fraction of sp³-hybridized carbons (Fsp3) is 0. The van der Waals surface area contributed by atoms with Gasteiger partial charge in [0.25, 0.3) is 0 Å². The van der Waals surface area contributed by atoms with Crippen LogP contribution in [0.1, 0.15) is 0 Å². The van der Waals surface area contributed by atoms with Crippen molar-refractivity contribution in [1.82, 2.24) is 0 Å². The highest BCUT2D eigenvalue weighted by Gasteiger charge is 1.81. The van der Waals surface area contributed by atoms with Crippen molar-refractivity contribution in [3.8, 4) is 0 Å². The molecular formula is C6H5N2O. The van der Waals surface area contributed by atoms with E-state index in [2.05, 4.69) is 16.5 Å². The van der Waals surface area contributed by atoms with Gasteiger partial charge in [0, 0.05) is 5.28 Å². The molecule has 1 radical (unpaired) electrons. The highest BCUT2D eigenvalue weighted by atomic mass is 16.5. The number of hydrogen-bond donors (Lipinski definition) is 1. The molecule has 1 aromatic rings. The summed E-state index contributed by atoms with van der Waals surface area (Å²) in [5.41, 5.74) is 0.622. The Hall–Kier alpha value is -1.38. The smallest absolute Gasteiger partial charge is 0.0889 e. The van der Waals surface area contributed by atoms with E-state index in [1.54, 1.807) is 24.3 Å². The van der Waals surface area contributed by atoms with Crippen LogP contribution in [-0.4, -0.2) is 5.21 Å². The first-order valence-corrected chi connectivity index (χ1v) is 2.44. The van der Waals surface area contributed by atoms with E-state index in [1.165, 1.54) is 0 Å². The number of hydrogen-bond acceptors (Lipinski definition) is 2. The summed E-state index contributed by atoms with van der Waals surface area (Å²) < 4.78 is 0. The third kappa shape index (κ3) is 1.53. The Morgan fingerprint density at radius 2 is 2.00 bits per heavy atom. The van der Waals surface area contributed by atoms with Crippen LogP contribution in [0.2, 0.25) is 0 Å². The van der Waals surface area contributed by atoms with E-state index in [1.807, 2.05) is 0 Å². The van der Waals surface area contributed by atoms with Crippen molar-refractivity contribution in [3.05, 3.63) is 30.3 Å². The normalized spacial score (nSPS) is 10.2. The summed E-state index contributed by atoms with van der Waals surface area (Å²) >= 11 is 0. The van der Waals surface area contributed by atoms with Crippen LogP contribution in [0, 0.1) is 6.07 Å². The largest absolute Gasteiger partial charge is 0.394 e. The van der Waals surface area contributed by atoms with Crippen molar-refractivity contribution in [3.63, 3.8) is 0 Å². The van der Waals surface area contributed by atoms with Crippen LogP contribution >= 0.6 is 0 Å². The maximum absolute atomic E-state index is 7.97. The predicted octanol–water partition coefficient (Wildman–Crippen LogP) is 1.96. The Kier molecular flexibility index (Phi) is 1.80. The summed E-state index contributed by atoms with van der Waals surface area (Å²) in [7, 11) is 0. The van der Waals surface area contributed by atoms with Gasteiger partial charge in [-0.1, -0.05) is 12.1 Å². The minimum atomic E-state index is 0.622. The number of benzene rings is 1. The van der Waals surface area contributed by atoms with Gasteiger partial charge in [0.2, 0.25) is 0 Å². The molecule has 0 fully saturated rings. The average molecular weight is 121 g/mol. The summed E-state index contributed by atoms with van der Waals surface area (Å²) in [6.07, 6.45) is 0. The van der Waals surface area contributed by atoms with Gasteiger partial charge in [0.15, 0.2) is 0 Å². The number of nitrogens with zero attached hydrogens (tertiary/aromatic N) is 2. The summed E-state index contributed by atoms with van der Waals surface area (Å²) in [5.74, 6) is 0. The molecule has 0 aliphatic carbocycles. The van der Waals surface area contributed by atoms with Crippen molar-refractivity contribution in [2.24, 2.45) is 10.4 Å². The van der Waals surface area contributed by atoms with Gasteiger partial charge in [-0.2, -0.15) is 0 Å². The molecule has 0 atom stereocenters. The van der Waals surface area contributed by atoms with E-state index in [-0.39, 0.29) is 0 Å². The molecule has 0 amide bonds. The van der Waals surface area contributed by atoms with Crippen LogP contribution in [0.5, 0.6) is 0 Å². The quantitative estimate of drug-likeness (QED) is 0.448. The van der Waals surface area contributed by atoms with Gasteiger partial charge in [-0.05, 0) is 18.2 Å². The molecule has 0 saturated carbocycles. The third-order valence-electron chi connectivity index (χ3n) is 0.861. The molecule has 0 spiro atoms. The van der Waals surface area contributed by atoms with Crippen LogP contribution in [0.3, 0.4) is 0 Å². The standard InChI is InChI=1S/C6H5N2O/c9-8-7-6-4-2-1-3-5-6/h2-5H,(H,7,9). The van der Waals surface area contributed by atoms with Gasteiger partial charge < -0.3 is 5.21 Å². The second-order valence-corrected chi connectivity index (χ2v) is 1.45. The topological polar surface area (TPSA) is 45.0 Å². The number of rotatable bonds is 1. The maximum atomic E-state index is 7.97. The van der Waals surface area contributed by atoms with Crippen molar-refractivity contribution in [2.45, 2.75) is 0 Å². The van der Waals surface area contributed by atoms with Gasteiger partial charge in [-0.3, -0.25) is 0 Å². The molecular weight excluding hydrogens is 116 g/mol. The molecule has 0 saturated heterocycles. The van der Waals surface area contributed by atoms with Crippen LogP contribution < -0.4 is 0 Å². The molecule has 45 valence electrons. The lowest BCUT2D eigenvalue weighted by Gasteiger charge is -1.83. The van der Waals surface area contributed by atoms with E-state index in [4.69, 9.17) is 5.21 Å². The molecule has 0 bridgehead atoms. The highest BCUT2D eigenvalue weighted by Crippen LogP contribution is 2.08. The van der Waals surface area contributed by atoms with E-state index in [9.17, 15) is 0 Å². The van der Waals surface area contributed by atoms with Crippen molar-refractivity contribution >= 4 is 5.69 Å². The second-order valence-electron chi connectivity index (χ2n) is 1.45. The lowest BCUT2D eigenvalue weighted by atomic mass is 10.3. The first-order chi connectivity index (χ1) is 4.43. The lowest BCUT2D eigenvalue weighted by Crippen LogP contribution is -1.59.